The fourth-order valence-corrected chi connectivity index (χ4v) is 1.19. The molecule has 76 valence electrons. The van der Waals surface area contributed by atoms with Crippen molar-refractivity contribution in [2.24, 2.45) is 0 Å². The van der Waals surface area contributed by atoms with E-state index in [2.05, 4.69) is 0 Å². The topological polar surface area (TPSA) is 90.2 Å². The molecule has 5 nitrogen and oxygen atoms in total. The van der Waals surface area contributed by atoms with E-state index in [4.69, 9.17) is 14.9 Å². The van der Waals surface area contributed by atoms with Crippen LogP contribution in [0, 0.1) is 0 Å². The van der Waals surface area contributed by atoms with Gasteiger partial charge in [-0.25, -0.2) is 0 Å². The first kappa shape index (κ1) is 10.5. The monoisotopic (exact) mass is 190 g/mol. The van der Waals surface area contributed by atoms with Gasteiger partial charge >= 0.3 is 0 Å². The van der Waals surface area contributed by atoms with Crippen molar-refractivity contribution in [3.63, 3.8) is 0 Å². The first-order valence-corrected chi connectivity index (χ1v) is 4.01. The van der Waals surface area contributed by atoms with E-state index in [1.807, 2.05) is 0 Å². The van der Waals surface area contributed by atoms with Crippen molar-refractivity contribution in [2.45, 2.75) is 38.4 Å². The lowest BCUT2D eigenvalue weighted by molar-refractivity contribution is -0.225. The molecule has 0 spiro atoms. The molecule has 0 aromatic rings. The van der Waals surface area contributed by atoms with E-state index < -0.39 is 24.6 Å². The van der Waals surface area contributed by atoms with E-state index >= 15 is 0 Å². The summed E-state index contributed by atoms with van der Waals surface area (Å²) in [5, 5.41) is 36.9. The van der Waals surface area contributed by atoms with E-state index in [0.717, 1.165) is 0 Å². The minimum absolute atomic E-state index is 0.116. The molecular formula is C8H14O5. The second-order valence-corrected chi connectivity index (χ2v) is 3.30. The molecule has 0 aromatic carbocycles. The van der Waals surface area contributed by atoms with Crippen molar-refractivity contribution in [1.29, 1.82) is 0 Å². The Morgan fingerprint density at radius 2 is 1.62 bits per heavy atom. The van der Waals surface area contributed by atoms with Gasteiger partial charge in [-0.15, -0.1) is 0 Å². The lowest BCUT2D eigenvalue weighted by Gasteiger charge is -2.35. The van der Waals surface area contributed by atoms with E-state index in [-0.39, 0.29) is 5.76 Å². The van der Waals surface area contributed by atoms with Gasteiger partial charge in [0.25, 0.3) is 0 Å². The second kappa shape index (κ2) is 3.63. The summed E-state index contributed by atoms with van der Waals surface area (Å²) in [6.07, 6.45) is -5.64. The predicted molar refractivity (Wildman–Crippen MR) is 43.5 cm³/mol. The van der Waals surface area contributed by atoms with Gasteiger partial charge in [0.1, 0.15) is 24.1 Å². The quantitative estimate of drug-likeness (QED) is 0.381. The Hall–Kier alpha value is -0.620. The minimum Gasteiger partial charge on any atom is -0.464 e. The molecule has 5 heteroatoms. The summed E-state index contributed by atoms with van der Waals surface area (Å²) in [5.41, 5.74) is 0.650. The summed E-state index contributed by atoms with van der Waals surface area (Å²) < 4.78 is 4.82. The third-order valence-corrected chi connectivity index (χ3v) is 1.97. The van der Waals surface area contributed by atoms with Crippen molar-refractivity contribution in [1.82, 2.24) is 0 Å². The number of hydrogen-bond acceptors (Lipinski definition) is 5. The van der Waals surface area contributed by atoms with Gasteiger partial charge in [0.05, 0.1) is 0 Å². The largest absolute Gasteiger partial charge is 0.464 e. The number of allylic oxidation sites excluding steroid dienone is 1. The van der Waals surface area contributed by atoms with Crippen molar-refractivity contribution in [3.05, 3.63) is 11.3 Å². The van der Waals surface area contributed by atoms with Gasteiger partial charge in [0.2, 0.25) is 6.29 Å². The molecule has 13 heavy (non-hydrogen) atoms. The molecular weight excluding hydrogens is 176 g/mol. The van der Waals surface area contributed by atoms with Crippen LogP contribution in [-0.4, -0.2) is 45.0 Å². The number of hydrogen-bond donors (Lipinski definition) is 4. The summed E-state index contributed by atoms with van der Waals surface area (Å²) >= 11 is 0. The summed E-state index contributed by atoms with van der Waals surface area (Å²) in [6.45, 7) is 3.35. The zero-order valence-corrected chi connectivity index (χ0v) is 7.51. The number of aliphatic hydroxyl groups is 4. The van der Waals surface area contributed by atoms with E-state index in [0.29, 0.717) is 5.57 Å². The molecule has 1 fully saturated rings. The predicted octanol–water partition coefficient (Wildman–Crippen LogP) is -1.29. The summed E-state index contributed by atoms with van der Waals surface area (Å²) in [5.74, 6) is 0.116. The van der Waals surface area contributed by atoms with Crippen LogP contribution in [0.5, 0.6) is 0 Å². The van der Waals surface area contributed by atoms with Crippen LogP contribution in [0.25, 0.3) is 0 Å². The first-order valence-electron chi connectivity index (χ1n) is 4.01. The normalized spacial score (nSPS) is 40.0. The molecule has 0 bridgehead atoms. The molecule has 1 saturated heterocycles. The van der Waals surface area contributed by atoms with Crippen LogP contribution in [0.3, 0.4) is 0 Å². The third kappa shape index (κ3) is 1.83. The fourth-order valence-electron chi connectivity index (χ4n) is 1.19. The maximum Gasteiger partial charge on any atom is 0.226 e. The van der Waals surface area contributed by atoms with Gasteiger partial charge in [0.15, 0.2) is 0 Å². The smallest absolute Gasteiger partial charge is 0.226 e. The molecule has 0 radical (unpaired) electrons. The number of ether oxygens (including phenoxy) is 1. The van der Waals surface area contributed by atoms with Gasteiger partial charge in [-0.2, -0.15) is 0 Å². The average molecular weight is 190 g/mol. The van der Waals surface area contributed by atoms with Crippen LogP contribution in [0.1, 0.15) is 13.8 Å². The Labute approximate surface area is 75.9 Å². The Morgan fingerprint density at radius 3 is 2.08 bits per heavy atom. The van der Waals surface area contributed by atoms with Crippen molar-refractivity contribution in [3.8, 4) is 0 Å². The fraction of sp³-hybridized carbons (Fsp3) is 0.750. The standard InChI is InChI=1S/C8H14O5/c1-3(2)7-5(10)4(9)6(11)8(12)13-7/h4-6,8-12H,1-2H3/t4-,5+,6-,8-/m1/s1. The molecule has 0 saturated carbocycles. The van der Waals surface area contributed by atoms with Crippen LogP contribution in [0.4, 0.5) is 0 Å². The van der Waals surface area contributed by atoms with E-state index in [9.17, 15) is 10.2 Å². The van der Waals surface area contributed by atoms with E-state index in [1.54, 1.807) is 13.8 Å². The highest BCUT2D eigenvalue weighted by Crippen LogP contribution is 2.24. The van der Waals surface area contributed by atoms with Crippen LogP contribution < -0.4 is 0 Å². The Kier molecular flexibility index (Phi) is 2.92. The molecule has 0 aromatic heterocycles. The van der Waals surface area contributed by atoms with Crippen molar-refractivity contribution < 1.29 is 25.2 Å². The van der Waals surface area contributed by atoms with Gasteiger partial charge in [-0.3, -0.25) is 0 Å². The average Bonchev–Trinajstić information content (AvgIpc) is 2.07. The lowest BCUT2D eigenvalue weighted by Crippen LogP contribution is -2.51. The molecule has 4 N–H and O–H groups in total. The number of rotatable bonds is 0. The van der Waals surface area contributed by atoms with Crippen LogP contribution in [0.15, 0.2) is 11.3 Å². The van der Waals surface area contributed by atoms with Crippen molar-refractivity contribution >= 4 is 0 Å². The first-order chi connectivity index (χ1) is 5.95. The summed E-state index contributed by atoms with van der Waals surface area (Å²) in [4.78, 5) is 0. The molecule has 1 rings (SSSR count). The highest BCUT2D eigenvalue weighted by Gasteiger charge is 2.40. The lowest BCUT2D eigenvalue weighted by atomic mass is 10.0. The molecule has 0 amide bonds. The SMILES string of the molecule is CC(C)=C1O[C@@H](O)[C@H](O)[C@H](O)[C@@H]1O. The summed E-state index contributed by atoms with van der Waals surface area (Å²) in [7, 11) is 0. The van der Waals surface area contributed by atoms with Gasteiger partial charge in [-0.1, -0.05) is 0 Å². The Morgan fingerprint density at radius 1 is 1.08 bits per heavy atom. The van der Waals surface area contributed by atoms with Crippen LogP contribution in [0.2, 0.25) is 0 Å². The van der Waals surface area contributed by atoms with Crippen LogP contribution >= 0.6 is 0 Å². The van der Waals surface area contributed by atoms with Crippen LogP contribution in [-0.2, 0) is 4.74 Å². The van der Waals surface area contributed by atoms with Gasteiger partial charge < -0.3 is 25.2 Å². The minimum atomic E-state index is -1.48. The molecule has 1 aliphatic rings. The third-order valence-electron chi connectivity index (χ3n) is 1.97. The summed E-state index contributed by atoms with van der Waals surface area (Å²) in [6, 6.07) is 0. The van der Waals surface area contributed by atoms with Gasteiger partial charge in [0, 0.05) is 0 Å². The molecule has 0 unspecified atom stereocenters. The molecule has 4 atom stereocenters. The highest BCUT2D eigenvalue weighted by atomic mass is 16.6. The number of aliphatic hydroxyl groups excluding tert-OH is 4. The second-order valence-electron chi connectivity index (χ2n) is 3.30. The zero-order chi connectivity index (χ0) is 10.2. The van der Waals surface area contributed by atoms with Gasteiger partial charge in [-0.05, 0) is 19.4 Å². The highest BCUT2D eigenvalue weighted by molar-refractivity contribution is 5.13. The zero-order valence-electron chi connectivity index (χ0n) is 7.51. The van der Waals surface area contributed by atoms with E-state index in [1.165, 1.54) is 0 Å². The maximum absolute atomic E-state index is 9.39. The molecule has 1 heterocycles. The molecule has 0 aliphatic carbocycles. The maximum atomic E-state index is 9.39. The van der Waals surface area contributed by atoms with Crippen molar-refractivity contribution in [2.75, 3.05) is 0 Å². The molecule has 1 aliphatic heterocycles. The Balaban J connectivity index is 2.89. The Bertz CT molecular complexity index is 221.